The van der Waals surface area contributed by atoms with Crippen LogP contribution in [-0.4, -0.2) is 34.6 Å². The van der Waals surface area contributed by atoms with E-state index >= 15 is 0 Å². The van der Waals surface area contributed by atoms with Crippen LogP contribution in [0.2, 0.25) is 5.02 Å². The minimum atomic E-state index is -0.554. The summed E-state index contributed by atoms with van der Waals surface area (Å²) in [5.41, 5.74) is 3.39. The Hall–Kier alpha value is -1.98. The average Bonchev–Trinajstić information content (AvgIpc) is 2.73. The van der Waals surface area contributed by atoms with Crippen LogP contribution < -0.4 is 5.32 Å². The van der Waals surface area contributed by atoms with Crippen LogP contribution in [0.4, 0.5) is 0 Å². The molecule has 30 heavy (non-hydrogen) atoms. The first-order valence-electron chi connectivity index (χ1n) is 10.3. The number of amides is 2. The van der Waals surface area contributed by atoms with E-state index in [1.807, 2.05) is 38.1 Å². The highest BCUT2D eigenvalue weighted by Crippen LogP contribution is 2.19. The van der Waals surface area contributed by atoms with Gasteiger partial charge in [0.05, 0.1) is 5.75 Å². The lowest BCUT2D eigenvalue weighted by Gasteiger charge is -2.29. The molecule has 0 saturated heterocycles. The molecule has 1 N–H and O–H groups in total. The number of aryl methyl sites for hydroxylation is 1. The van der Waals surface area contributed by atoms with E-state index in [0.29, 0.717) is 17.3 Å². The van der Waals surface area contributed by atoms with Gasteiger partial charge in [0, 0.05) is 23.4 Å². The zero-order valence-corrected chi connectivity index (χ0v) is 19.7. The van der Waals surface area contributed by atoms with E-state index in [0.717, 1.165) is 17.7 Å². The zero-order chi connectivity index (χ0) is 22.1. The maximum Gasteiger partial charge on any atom is 0.242 e. The molecular formula is C24H31ClN2O2S. The first-order valence-corrected chi connectivity index (χ1v) is 11.8. The molecule has 0 saturated carbocycles. The van der Waals surface area contributed by atoms with Crippen molar-refractivity contribution >= 4 is 35.2 Å². The highest BCUT2D eigenvalue weighted by atomic mass is 35.5. The summed E-state index contributed by atoms with van der Waals surface area (Å²) in [4.78, 5) is 27.5. The van der Waals surface area contributed by atoms with Gasteiger partial charge in [-0.25, -0.2) is 0 Å². The maximum absolute atomic E-state index is 13.1. The first-order chi connectivity index (χ1) is 14.3. The van der Waals surface area contributed by atoms with Crippen molar-refractivity contribution in [3.8, 4) is 0 Å². The number of hydrogen-bond donors (Lipinski definition) is 1. The summed E-state index contributed by atoms with van der Waals surface area (Å²) in [6.45, 7) is 8.22. The lowest BCUT2D eigenvalue weighted by Crippen LogP contribution is -2.50. The van der Waals surface area contributed by atoms with E-state index in [1.165, 1.54) is 11.1 Å². The van der Waals surface area contributed by atoms with Crippen molar-refractivity contribution in [3.05, 3.63) is 70.2 Å². The smallest absolute Gasteiger partial charge is 0.242 e. The summed E-state index contributed by atoms with van der Waals surface area (Å²) in [5.74, 6) is 0.912. The van der Waals surface area contributed by atoms with Crippen LogP contribution in [0.1, 0.15) is 43.9 Å². The molecule has 0 unspecified atom stereocenters. The number of carbonyl (C=O) groups is 2. The molecule has 162 valence electrons. The van der Waals surface area contributed by atoms with E-state index in [1.54, 1.807) is 35.7 Å². The molecule has 0 radical (unpaired) electrons. The lowest BCUT2D eigenvalue weighted by molar-refractivity contribution is -0.138. The van der Waals surface area contributed by atoms with Crippen LogP contribution in [0.25, 0.3) is 0 Å². The van der Waals surface area contributed by atoms with Gasteiger partial charge in [0.15, 0.2) is 0 Å². The van der Waals surface area contributed by atoms with Crippen LogP contribution in [0.3, 0.4) is 0 Å². The van der Waals surface area contributed by atoms with Crippen LogP contribution >= 0.6 is 23.4 Å². The predicted octanol–water partition coefficient (Wildman–Crippen LogP) is 5.21. The SMILES string of the molecule is CC[C@H](C)NC(=O)[C@H](C)N(Cc1ccc(Cl)cc1)C(=O)CSCc1ccccc1C. The molecule has 0 aliphatic heterocycles. The molecule has 0 heterocycles. The number of carbonyl (C=O) groups excluding carboxylic acids is 2. The fourth-order valence-corrected chi connectivity index (χ4v) is 4.05. The Bertz CT molecular complexity index is 841. The molecule has 6 heteroatoms. The van der Waals surface area contributed by atoms with Gasteiger partial charge in [0.1, 0.15) is 6.04 Å². The lowest BCUT2D eigenvalue weighted by atomic mass is 10.1. The Balaban J connectivity index is 2.08. The molecule has 2 aromatic rings. The monoisotopic (exact) mass is 446 g/mol. The van der Waals surface area contributed by atoms with Crippen molar-refractivity contribution in [1.29, 1.82) is 0 Å². The zero-order valence-electron chi connectivity index (χ0n) is 18.2. The number of nitrogens with one attached hydrogen (secondary N) is 1. The average molecular weight is 447 g/mol. The third-order valence-corrected chi connectivity index (χ3v) is 6.40. The Kier molecular flexibility index (Phi) is 9.73. The van der Waals surface area contributed by atoms with Gasteiger partial charge in [-0.15, -0.1) is 11.8 Å². The molecule has 0 aliphatic carbocycles. The van der Waals surface area contributed by atoms with Gasteiger partial charge in [0.25, 0.3) is 0 Å². The largest absolute Gasteiger partial charge is 0.352 e. The standard InChI is InChI=1S/C24H31ClN2O2S/c1-5-18(3)26-24(29)19(4)27(14-20-10-12-22(25)13-11-20)23(28)16-30-15-21-9-7-6-8-17(21)2/h6-13,18-19H,5,14-16H2,1-4H3,(H,26,29)/t18-,19-/m0/s1. The Morgan fingerprint density at radius 3 is 2.40 bits per heavy atom. The molecule has 2 atom stereocenters. The molecule has 0 bridgehead atoms. The van der Waals surface area contributed by atoms with Crippen molar-refractivity contribution < 1.29 is 9.59 Å². The summed E-state index contributed by atoms with van der Waals surface area (Å²) in [6, 6.07) is 15.1. The van der Waals surface area contributed by atoms with E-state index < -0.39 is 6.04 Å². The molecule has 0 aliphatic rings. The van der Waals surface area contributed by atoms with Gasteiger partial charge in [-0.2, -0.15) is 0 Å². The molecular weight excluding hydrogens is 416 g/mol. The predicted molar refractivity (Wildman–Crippen MR) is 127 cm³/mol. The van der Waals surface area contributed by atoms with Crippen LogP contribution in [0, 0.1) is 6.92 Å². The summed E-state index contributed by atoms with van der Waals surface area (Å²) < 4.78 is 0. The third kappa shape index (κ3) is 7.37. The van der Waals surface area contributed by atoms with Gasteiger partial charge in [0.2, 0.25) is 11.8 Å². The van der Waals surface area contributed by atoms with E-state index in [4.69, 9.17) is 11.6 Å². The number of rotatable bonds is 10. The second kappa shape index (κ2) is 12.0. The van der Waals surface area contributed by atoms with Crippen molar-refractivity contribution in [2.24, 2.45) is 0 Å². The van der Waals surface area contributed by atoms with E-state index in [9.17, 15) is 9.59 Å². The number of halogens is 1. The first kappa shape index (κ1) is 24.3. The molecule has 2 amide bonds. The van der Waals surface area contributed by atoms with Crippen molar-refractivity contribution in [3.63, 3.8) is 0 Å². The van der Waals surface area contributed by atoms with Gasteiger partial charge >= 0.3 is 0 Å². The number of nitrogens with zero attached hydrogens (tertiary/aromatic N) is 1. The highest BCUT2D eigenvalue weighted by Gasteiger charge is 2.26. The van der Waals surface area contributed by atoms with Gasteiger partial charge in [-0.3, -0.25) is 9.59 Å². The minimum absolute atomic E-state index is 0.0460. The maximum atomic E-state index is 13.1. The summed E-state index contributed by atoms with van der Waals surface area (Å²) in [5, 5.41) is 3.63. The normalized spacial score (nSPS) is 12.8. The van der Waals surface area contributed by atoms with Crippen LogP contribution in [0.15, 0.2) is 48.5 Å². The molecule has 2 rings (SSSR count). The molecule has 0 spiro atoms. The number of thioether (sulfide) groups is 1. The molecule has 0 fully saturated rings. The second-order valence-electron chi connectivity index (χ2n) is 7.56. The minimum Gasteiger partial charge on any atom is -0.352 e. The third-order valence-electron chi connectivity index (χ3n) is 5.18. The van der Waals surface area contributed by atoms with E-state index in [-0.39, 0.29) is 17.9 Å². The van der Waals surface area contributed by atoms with Crippen molar-refractivity contribution in [1.82, 2.24) is 10.2 Å². The van der Waals surface area contributed by atoms with E-state index in [2.05, 4.69) is 24.4 Å². The second-order valence-corrected chi connectivity index (χ2v) is 8.98. The highest BCUT2D eigenvalue weighted by molar-refractivity contribution is 7.99. The fraction of sp³-hybridized carbons (Fsp3) is 0.417. The summed E-state index contributed by atoms with van der Waals surface area (Å²) in [7, 11) is 0. The Morgan fingerprint density at radius 2 is 1.77 bits per heavy atom. The van der Waals surface area contributed by atoms with Crippen molar-refractivity contribution in [2.75, 3.05) is 5.75 Å². The molecule has 4 nitrogen and oxygen atoms in total. The quantitative estimate of drug-likeness (QED) is 0.544. The summed E-state index contributed by atoms with van der Waals surface area (Å²) >= 11 is 7.56. The number of hydrogen-bond acceptors (Lipinski definition) is 3. The van der Waals surface area contributed by atoms with Crippen LogP contribution in [0.5, 0.6) is 0 Å². The Morgan fingerprint density at radius 1 is 1.10 bits per heavy atom. The summed E-state index contributed by atoms with van der Waals surface area (Å²) in [6.07, 6.45) is 0.843. The van der Waals surface area contributed by atoms with Crippen molar-refractivity contribution in [2.45, 2.75) is 58.5 Å². The fourth-order valence-electron chi connectivity index (χ4n) is 2.94. The Labute approximate surface area is 189 Å². The number of benzene rings is 2. The van der Waals surface area contributed by atoms with Gasteiger partial charge < -0.3 is 10.2 Å². The van der Waals surface area contributed by atoms with Gasteiger partial charge in [-0.05, 0) is 56.0 Å². The topological polar surface area (TPSA) is 49.4 Å². The molecule has 2 aromatic carbocycles. The molecule has 0 aromatic heterocycles. The van der Waals surface area contributed by atoms with Crippen LogP contribution in [-0.2, 0) is 21.9 Å². The van der Waals surface area contributed by atoms with Gasteiger partial charge in [-0.1, -0.05) is 54.9 Å².